The number of rotatable bonds is 6. The van der Waals surface area contributed by atoms with E-state index in [1.807, 2.05) is 0 Å². The summed E-state index contributed by atoms with van der Waals surface area (Å²) in [5.74, 6) is -1.57. The number of aliphatic carboxylic acids is 1. The molecule has 1 aromatic carbocycles. The van der Waals surface area contributed by atoms with E-state index in [4.69, 9.17) is 5.11 Å². The Bertz CT molecular complexity index is 721. The third kappa shape index (κ3) is 3.37. The number of carboxylic acids is 1. The van der Waals surface area contributed by atoms with Crippen LogP contribution in [0.3, 0.4) is 0 Å². The molecule has 23 heavy (non-hydrogen) atoms. The normalized spacial score (nSPS) is 16.4. The monoisotopic (exact) mass is 340 g/mol. The fourth-order valence-electron chi connectivity index (χ4n) is 2.03. The van der Waals surface area contributed by atoms with Gasteiger partial charge in [-0.15, -0.1) is 0 Å². The smallest absolute Gasteiger partial charge is 0.329 e. The molecule has 0 aliphatic heterocycles. The molecule has 0 radical (unpaired) electrons. The van der Waals surface area contributed by atoms with Gasteiger partial charge in [0.1, 0.15) is 5.54 Å². The number of sulfonamides is 1. The summed E-state index contributed by atoms with van der Waals surface area (Å²) in [7, 11) is -2.12. The summed E-state index contributed by atoms with van der Waals surface area (Å²) in [5.41, 5.74) is -0.941. The number of hydrogen-bond acceptors (Lipinski definition) is 4. The number of amides is 1. The number of nitrogens with one attached hydrogen (secondary N) is 1. The summed E-state index contributed by atoms with van der Waals surface area (Å²) in [6.45, 7) is 3.53. The van der Waals surface area contributed by atoms with Crippen molar-refractivity contribution >= 4 is 21.9 Å². The maximum Gasteiger partial charge on any atom is 0.329 e. The standard InChI is InChI=1S/C15H20N2O5S/c1-10(2)17(3)23(21,22)12-6-4-11(5-7-12)13(18)16-15(8-9-15)14(19)20/h4-7,10H,8-9H2,1-3H3,(H,16,18)(H,19,20). The van der Waals surface area contributed by atoms with Gasteiger partial charge in [0.25, 0.3) is 5.91 Å². The second-order valence-corrected chi connectivity index (χ2v) is 7.98. The van der Waals surface area contributed by atoms with Crippen LogP contribution < -0.4 is 5.32 Å². The second-order valence-electron chi connectivity index (χ2n) is 5.98. The van der Waals surface area contributed by atoms with Gasteiger partial charge in [0.15, 0.2) is 0 Å². The van der Waals surface area contributed by atoms with Crippen molar-refractivity contribution in [3.8, 4) is 0 Å². The van der Waals surface area contributed by atoms with Gasteiger partial charge in [-0.2, -0.15) is 4.31 Å². The predicted molar refractivity (Wildman–Crippen MR) is 83.6 cm³/mol. The fourth-order valence-corrected chi connectivity index (χ4v) is 3.40. The maximum absolute atomic E-state index is 12.3. The van der Waals surface area contributed by atoms with Crippen molar-refractivity contribution in [1.29, 1.82) is 0 Å². The molecule has 7 nitrogen and oxygen atoms in total. The highest BCUT2D eigenvalue weighted by Gasteiger charge is 2.51. The van der Waals surface area contributed by atoms with Crippen LogP contribution >= 0.6 is 0 Å². The molecular formula is C15H20N2O5S. The zero-order valence-corrected chi connectivity index (χ0v) is 14.1. The Morgan fingerprint density at radius 2 is 1.74 bits per heavy atom. The van der Waals surface area contributed by atoms with Gasteiger partial charge in [-0.1, -0.05) is 0 Å². The van der Waals surface area contributed by atoms with E-state index in [0.29, 0.717) is 12.8 Å². The van der Waals surface area contributed by atoms with E-state index in [0.717, 1.165) is 0 Å². The van der Waals surface area contributed by atoms with Gasteiger partial charge >= 0.3 is 5.97 Å². The molecule has 0 unspecified atom stereocenters. The third-order valence-electron chi connectivity index (χ3n) is 4.03. The van der Waals surface area contributed by atoms with E-state index < -0.39 is 27.4 Å². The Morgan fingerprint density at radius 3 is 2.13 bits per heavy atom. The first-order valence-electron chi connectivity index (χ1n) is 7.24. The Kier molecular flexibility index (Phi) is 4.50. The zero-order valence-electron chi connectivity index (χ0n) is 13.2. The average Bonchev–Trinajstić information content (AvgIpc) is 3.27. The van der Waals surface area contributed by atoms with Crippen molar-refractivity contribution in [1.82, 2.24) is 9.62 Å². The highest BCUT2D eigenvalue weighted by Crippen LogP contribution is 2.35. The number of carbonyl (C=O) groups excluding carboxylic acids is 1. The van der Waals surface area contributed by atoms with Crippen molar-refractivity contribution in [3.63, 3.8) is 0 Å². The van der Waals surface area contributed by atoms with Crippen molar-refractivity contribution in [3.05, 3.63) is 29.8 Å². The van der Waals surface area contributed by atoms with E-state index in [9.17, 15) is 18.0 Å². The maximum atomic E-state index is 12.3. The van der Waals surface area contributed by atoms with Crippen LogP contribution in [0, 0.1) is 0 Å². The van der Waals surface area contributed by atoms with E-state index in [1.54, 1.807) is 13.8 Å². The van der Waals surface area contributed by atoms with Crippen LogP contribution in [0.1, 0.15) is 37.0 Å². The Morgan fingerprint density at radius 1 is 1.22 bits per heavy atom. The molecule has 2 N–H and O–H groups in total. The van der Waals surface area contributed by atoms with E-state index in [2.05, 4.69) is 5.32 Å². The number of nitrogens with zero attached hydrogens (tertiary/aromatic N) is 1. The Balaban J connectivity index is 2.17. The molecule has 0 atom stereocenters. The number of carboxylic acid groups (broad SMARTS) is 1. The lowest BCUT2D eigenvalue weighted by Crippen LogP contribution is -2.43. The number of carbonyl (C=O) groups is 2. The first-order valence-corrected chi connectivity index (χ1v) is 8.68. The van der Waals surface area contributed by atoms with Crippen LogP contribution in [0.4, 0.5) is 0 Å². The molecule has 1 fully saturated rings. The molecular weight excluding hydrogens is 320 g/mol. The first kappa shape index (κ1) is 17.4. The van der Waals surface area contributed by atoms with Gasteiger partial charge in [0, 0.05) is 18.7 Å². The zero-order chi connectivity index (χ0) is 17.4. The van der Waals surface area contributed by atoms with Gasteiger partial charge < -0.3 is 10.4 Å². The summed E-state index contributed by atoms with van der Waals surface area (Å²) < 4.78 is 25.9. The van der Waals surface area contributed by atoms with Crippen LogP contribution in [-0.2, 0) is 14.8 Å². The van der Waals surface area contributed by atoms with Crippen LogP contribution in [0.2, 0.25) is 0 Å². The molecule has 0 bridgehead atoms. The quantitative estimate of drug-likeness (QED) is 0.806. The minimum absolute atomic E-state index is 0.0876. The summed E-state index contributed by atoms with van der Waals surface area (Å²) >= 11 is 0. The predicted octanol–water partition coefficient (Wildman–Crippen LogP) is 1.06. The van der Waals surface area contributed by atoms with Crippen LogP contribution in [0.15, 0.2) is 29.2 Å². The summed E-state index contributed by atoms with van der Waals surface area (Å²) in [6.07, 6.45) is 0.805. The van der Waals surface area contributed by atoms with E-state index >= 15 is 0 Å². The van der Waals surface area contributed by atoms with Gasteiger partial charge in [0.2, 0.25) is 10.0 Å². The molecule has 0 saturated heterocycles. The van der Waals surface area contributed by atoms with Crippen LogP contribution in [-0.4, -0.2) is 48.3 Å². The highest BCUT2D eigenvalue weighted by molar-refractivity contribution is 7.89. The third-order valence-corrected chi connectivity index (χ3v) is 6.08. The summed E-state index contributed by atoms with van der Waals surface area (Å²) in [5, 5.41) is 11.5. The van der Waals surface area contributed by atoms with Crippen molar-refractivity contribution in [2.24, 2.45) is 0 Å². The summed E-state index contributed by atoms with van der Waals surface area (Å²) in [6, 6.07) is 5.28. The molecule has 1 aliphatic carbocycles. The molecule has 1 saturated carbocycles. The lowest BCUT2D eigenvalue weighted by atomic mass is 10.2. The topological polar surface area (TPSA) is 104 Å². The highest BCUT2D eigenvalue weighted by atomic mass is 32.2. The Hall–Kier alpha value is -1.93. The number of hydrogen-bond donors (Lipinski definition) is 2. The fraction of sp³-hybridized carbons (Fsp3) is 0.467. The molecule has 8 heteroatoms. The second kappa shape index (κ2) is 5.93. The van der Waals surface area contributed by atoms with Crippen LogP contribution in [0.5, 0.6) is 0 Å². The lowest BCUT2D eigenvalue weighted by molar-refractivity contribution is -0.140. The van der Waals surface area contributed by atoms with Crippen molar-refractivity contribution < 1.29 is 23.1 Å². The summed E-state index contributed by atoms with van der Waals surface area (Å²) in [4.78, 5) is 23.2. The SMILES string of the molecule is CC(C)N(C)S(=O)(=O)c1ccc(C(=O)NC2(C(=O)O)CC2)cc1. The molecule has 0 heterocycles. The number of benzene rings is 1. The van der Waals surface area contributed by atoms with Crippen LogP contribution in [0.25, 0.3) is 0 Å². The molecule has 1 aliphatic rings. The molecule has 126 valence electrons. The lowest BCUT2D eigenvalue weighted by Gasteiger charge is -2.21. The minimum atomic E-state index is -3.61. The molecule has 0 spiro atoms. The van der Waals surface area contributed by atoms with Gasteiger partial charge in [0.05, 0.1) is 4.90 Å². The molecule has 2 rings (SSSR count). The average molecular weight is 340 g/mol. The molecule has 1 aromatic rings. The largest absolute Gasteiger partial charge is 0.480 e. The molecule has 1 amide bonds. The van der Waals surface area contributed by atoms with Crippen molar-refractivity contribution in [2.75, 3.05) is 7.05 Å². The van der Waals surface area contributed by atoms with Gasteiger partial charge in [-0.25, -0.2) is 13.2 Å². The first-order chi connectivity index (χ1) is 10.6. The van der Waals surface area contributed by atoms with E-state index in [1.165, 1.54) is 35.6 Å². The van der Waals surface area contributed by atoms with Gasteiger partial charge in [-0.05, 0) is 51.0 Å². The van der Waals surface area contributed by atoms with Crippen molar-refractivity contribution in [2.45, 2.75) is 43.2 Å². The minimum Gasteiger partial charge on any atom is -0.480 e. The van der Waals surface area contributed by atoms with Gasteiger partial charge in [-0.3, -0.25) is 4.79 Å². The molecule has 0 aromatic heterocycles. The van der Waals surface area contributed by atoms with E-state index in [-0.39, 0.29) is 16.5 Å². The Labute approximate surface area is 135 Å².